The maximum atomic E-state index is 11.2. The van der Waals surface area contributed by atoms with E-state index in [4.69, 9.17) is 4.74 Å². The zero-order chi connectivity index (χ0) is 11.1. The van der Waals surface area contributed by atoms with Gasteiger partial charge in [-0.2, -0.15) is 0 Å². The van der Waals surface area contributed by atoms with Gasteiger partial charge in [0.15, 0.2) is 0 Å². The SMILES string of the molecule is CCCCCC[C@@H]1OC(=O)CCC[C@@H]1O. The number of ether oxygens (including phenoxy) is 1. The Morgan fingerprint density at radius 1 is 1.40 bits per heavy atom. The fourth-order valence-electron chi connectivity index (χ4n) is 1.97. The van der Waals surface area contributed by atoms with E-state index in [2.05, 4.69) is 6.92 Å². The van der Waals surface area contributed by atoms with Gasteiger partial charge in [-0.25, -0.2) is 0 Å². The predicted molar refractivity (Wildman–Crippen MR) is 58.5 cm³/mol. The molecule has 0 spiro atoms. The number of unbranched alkanes of at least 4 members (excludes halogenated alkanes) is 3. The van der Waals surface area contributed by atoms with E-state index >= 15 is 0 Å². The zero-order valence-electron chi connectivity index (χ0n) is 9.58. The number of aliphatic hydroxyl groups excluding tert-OH is 1. The van der Waals surface area contributed by atoms with Crippen LogP contribution in [0.4, 0.5) is 0 Å². The third-order valence-corrected chi connectivity index (χ3v) is 2.93. The molecule has 3 heteroatoms. The van der Waals surface area contributed by atoms with Gasteiger partial charge in [0, 0.05) is 6.42 Å². The molecule has 2 atom stereocenters. The number of rotatable bonds is 5. The van der Waals surface area contributed by atoms with Crippen molar-refractivity contribution in [3.63, 3.8) is 0 Å². The van der Waals surface area contributed by atoms with E-state index < -0.39 is 6.10 Å². The molecule has 15 heavy (non-hydrogen) atoms. The van der Waals surface area contributed by atoms with Gasteiger partial charge in [0.2, 0.25) is 0 Å². The molecule has 1 saturated heterocycles. The summed E-state index contributed by atoms with van der Waals surface area (Å²) < 4.78 is 5.21. The summed E-state index contributed by atoms with van der Waals surface area (Å²) in [4.78, 5) is 11.2. The minimum absolute atomic E-state index is 0.146. The van der Waals surface area contributed by atoms with Crippen LogP contribution in [0.25, 0.3) is 0 Å². The number of cyclic esters (lactones) is 1. The minimum Gasteiger partial charge on any atom is -0.460 e. The summed E-state index contributed by atoms with van der Waals surface area (Å²) in [7, 11) is 0. The molecule has 1 N–H and O–H groups in total. The molecule has 0 saturated carbocycles. The van der Waals surface area contributed by atoms with Crippen LogP contribution in [0, 0.1) is 0 Å². The molecule has 0 aromatic heterocycles. The number of carbonyl (C=O) groups excluding carboxylic acids is 1. The summed E-state index contributed by atoms with van der Waals surface area (Å²) >= 11 is 0. The lowest BCUT2D eigenvalue weighted by atomic mass is 10.0. The Morgan fingerprint density at radius 3 is 2.93 bits per heavy atom. The number of carbonyl (C=O) groups is 1. The van der Waals surface area contributed by atoms with Gasteiger partial charge in [0.1, 0.15) is 6.10 Å². The Balaban J connectivity index is 2.26. The van der Waals surface area contributed by atoms with Crippen molar-refractivity contribution in [1.29, 1.82) is 0 Å². The highest BCUT2D eigenvalue weighted by Gasteiger charge is 2.25. The minimum atomic E-state index is -0.446. The molecule has 88 valence electrons. The zero-order valence-corrected chi connectivity index (χ0v) is 9.58. The molecule has 0 radical (unpaired) electrons. The highest BCUT2D eigenvalue weighted by Crippen LogP contribution is 2.19. The van der Waals surface area contributed by atoms with Crippen LogP contribution in [0.15, 0.2) is 0 Å². The lowest BCUT2D eigenvalue weighted by molar-refractivity contribution is -0.152. The lowest BCUT2D eigenvalue weighted by Crippen LogP contribution is -2.28. The molecular formula is C12H22O3. The lowest BCUT2D eigenvalue weighted by Gasteiger charge is -2.19. The molecule has 0 aliphatic carbocycles. The standard InChI is InChI=1S/C12H22O3/c1-2-3-4-5-8-11-10(13)7-6-9-12(14)15-11/h10-11,13H,2-9H2,1H3/t10-,11-/m0/s1. The smallest absolute Gasteiger partial charge is 0.306 e. The Hall–Kier alpha value is -0.570. The maximum Gasteiger partial charge on any atom is 0.306 e. The molecule has 1 aliphatic heterocycles. The number of hydrogen-bond donors (Lipinski definition) is 1. The average molecular weight is 214 g/mol. The number of hydrogen-bond acceptors (Lipinski definition) is 3. The van der Waals surface area contributed by atoms with Crippen LogP contribution in [-0.2, 0) is 9.53 Å². The van der Waals surface area contributed by atoms with E-state index in [1.54, 1.807) is 0 Å². The van der Waals surface area contributed by atoms with Crippen molar-refractivity contribution >= 4 is 5.97 Å². The quantitative estimate of drug-likeness (QED) is 0.564. The van der Waals surface area contributed by atoms with Gasteiger partial charge < -0.3 is 9.84 Å². The fourth-order valence-corrected chi connectivity index (χ4v) is 1.97. The van der Waals surface area contributed by atoms with Gasteiger partial charge in [0.25, 0.3) is 0 Å². The van der Waals surface area contributed by atoms with Crippen molar-refractivity contribution < 1.29 is 14.6 Å². The molecule has 1 heterocycles. The van der Waals surface area contributed by atoms with Gasteiger partial charge >= 0.3 is 5.97 Å². The first-order valence-corrected chi connectivity index (χ1v) is 6.11. The molecular weight excluding hydrogens is 192 g/mol. The summed E-state index contributed by atoms with van der Waals surface area (Å²) in [5.74, 6) is -0.146. The number of aliphatic hydroxyl groups is 1. The first kappa shape index (κ1) is 12.5. The fraction of sp³-hybridized carbons (Fsp3) is 0.917. The third-order valence-electron chi connectivity index (χ3n) is 2.93. The molecule has 1 rings (SSSR count). The van der Waals surface area contributed by atoms with Crippen LogP contribution in [-0.4, -0.2) is 23.3 Å². The molecule has 0 aromatic rings. The van der Waals surface area contributed by atoms with E-state index in [0.29, 0.717) is 12.8 Å². The molecule has 0 bridgehead atoms. The van der Waals surface area contributed by atoms with E-state index in [0.717, 1.165) is 25.7 Å². The normalized spacial score (nSPS) is 27.2. The Morgan fingerprint density at radius 2 is 2.20 bits per heavy atom. The Labute approximate surface area is 91.8 Å². The molecule has 0 amide bonds. The van der Waals surface area contributed by atoms with Crippen molar-refractivity contribution in [3.8, 4) is 0 Å². The highest BCUT2D eigenvalue weighted by atomic mass is 16.6. The largest absolute Gasteiger partial charge is 0.460 e. The van der Waals surface area contributed by atoms with Gasteiger partial charge in [-0.15, -0.1) is 0 Å². The van der Waals surface area contributed by atoms with Gasteiger partial charge in [0.05, 0.1) is 6.10 Å². The van der Waals surface area contributed by atoms with E-state index in [1.165, 1.54) is 12.8 Å². The molecule has 1 aliphatic rings. The molecule has 1 fully saturated rings. The first-order chi connectivity index (χ1) is 7.24. The number of esters is 1. The summed E-state index contributed by atoms with van der Waals surface area (Å²) in [6.45, 7) is 2.17. The van der Waals surface area contributed by atoms with Crippen LogP contribution >= 0.6 is 0 Å². The first-order valence-electron chi connectivity index (χ1n) is 6.11. The van der Waals surface area contributed by atoms with E-state index in [1.807, 2.05) is 0 Å². The van der Waals surface area contributed by atoms with Gasteiger partial charge in [-0.05, 0) is 25.7 Å². The van der Waals surface area contributed by atoms with Crippen LogP contribution in [0.5, 0.6) is 0 Å². The van der Waals surface area contributed by atoms with Crippen molar-refractivity contribution in [2.75, 3.05) is 0 Å². The molecule has 3 nitrogen and oxygen atoms in total. The second-order valence-corrected chi connectivity index (χ2v) is 4.34. The summed E-state index contributed by atoms with van der Waals surface area (Å²) in [5, 5.41) is 9.75. The van der Waals surface area contributed by atoms with Crippen molar-refractivity contribution in [1.82, 2.24) is 0 Å². The van der Waals surface area contributed by atoms with Crippen LogP contribution in [0.2, 0.25) is 0 Å². The van der Waals surface area contributed by atoms with Crippen molar-refractivity contribution in [2.24, 2.45) is 0 Å². The highest BCUT2D eigenvalue weighted by molar-refractivity contribution is 5.69. The molecule has 0 unspecified atom stereocenters. The second kappa shape index (κ2) is 6.83. The Bertz CT molecular complexity index is 191. The Kier molecular flexibility index (Phi) is 5.69. The van der Waals surface area contributed by atoms with Gasteiger partial charge in [-0.3, -0.25) is 4.79 Å². The maximum absolute atomic E-state index is 11.2. The van der Waals surface area contributed by atoms with Crippen LogP contribution in [0.1, 0.15) is 58.3 Å². The molecule has 0 aromatic carbocycles. The monoisotopic (exact) mass is 214 g/mol. The second-order valence-electron chi connectivity index (χ2n) is 4.34. The van der Waals surface area contributed by atoms with E-state index in [-0.39, 0.29) is 12.1 Å². The summed E-state index contributed by atoms with van der Waals surface area (Å²) in [6.07, 6.45) is 6.66. The summed E-state index contributed by atoms with van der Waals surface area (Å²) in [6, 6.07) is 0. The summed E-state index contributed by atoms with van der Waals surface area (Å²) in [5.41, 5.74) is 0. The van der Waals surface area contributed by atoms with Crippen LogP contribution < -0.4 is 0 Å². The predicted octanol–water partition coefficient (Wildman–Crippen LogP) is 2.41. The van der Waals surface area contributed by atoms with E-state index in [9.17, 15) is 9.90 Å². The topological polar surface area (TPSA) is 46.5 Å². The third kappa shape index (κ3) is 4.65. The van der Waals surface area contributed by atoms with Gasteiger partial charge in [-0.1, -0.05) is 26.2 Å². The van der Waals surface area contributed by atoms with Crippen molar-refractivity contribution in [3.05, 3.63) is 0 Å². The van der Waals surface area contributed by atoms with Crippen LogP contribution in [0.3, 0.4) is 0 Å². The average Bonchev–Trinajstić information content (AvgIpc) is 2.36. The van der Waals surface area contributed by atoms with Crippen molar-refractivity contribution in [2.45, 2.75) is 70.5 Å².